The average Bonchev–Trinajstić information content (AvgIpc) is 2.96. The van der Waals surface area contributed by atoms with Crippen molar-refractivity contribution >= 4 is 17.2 Å². The lowest BCUT2D eigenvalue weighted by Crippen LogP contribution is -2.48. The first kappa shape index (κ1) is 16.2. The molecule has 1 aliphatic rings. The van der Waals surface area contributed by atoms with Crippen LogP contribution in [0.15, 0.2) is 24.4 Å². The molecule has 3 nitrogen and oxygen atoms in total. The summed E-state index contributed by atoms with van der Waals surface area (Å²) < 4.78 is 13.5. The molecule has 23 heavy (non-hydrogen) atoms. The van der Waals surface area contributed by atoms with E-state index in [1.807, 2.05) is 6.20 Å². The van der Waals surface area contributed by atoms with E-state index >= 15 is 0 Å². The Bertz CT molecular complexity index is 681. The van der Waals surface area contributed by atoms with Crippen molar-refractivity contribution in [1.82, 2.24) is 9.88 Å². The molecule has 0 spiro atoms. The number of H-pyrrole nitrogens is 1. The fourth-order valence-electron chi connectivity index (χ4n) is 3.95. The number of fused-ring (bicyclic) bond motifs is 1. The SMILES string of the molecule is CCC1CC(C=O)CN(CCc2c[nH]c3ccc(F)cc23)C1C. The lowest BCUT2D eigenvalue weighted by molar-refractivity contribution is -0.114. The molecule has 1 aromatic heterocycles. The molecule has 1 fully saturated rings. The summed E-state index contributed by atoms with van der Waals surface area (Å²) in [6.45, 7) is 6.22. The van der Waals surface area contributed by atoms with Crippen molar-refractivity contribution in [3.8, 4) is 0 Å². The number of aldehydes is 1. The average molecular weight is 316 g/mol. The fraction of sp³-hybridized carbons (Fsp3) is 0.526. The minimum absolute atomic E-state index is 0.150. The molecule has 0 amide bonds. The first-order valence-electron chi connectivity index (χ1n) is 8.57. The molecule has 1 saturated heterocycles. The van der Waals surface area contributed by atoms with Gasteiger partial charge in [0.15, 0.2) is 0 Å². The number of piperidine rings is 1. The van der Waals surface area contributed by atoms with Gasteiger partial charge in [0.25, 0.3) is 0 Å². The molecule has 4 heteroatoms. The van der Waals surface area contributed by atoms with Gasteiger partial charge in [-0.3, -0.25) is 4.90 Å². The van der Waals surface area contributed by atoms with Crippen molar-refractivity contribution in [3.63, 3.8) is 0 Å². The van der Waals surface area contributed by atoms with Gasteiger partial charge >= 0.3 is 0 Å². The Morgan fingerprint density at radius 2 is 2.26 bits per heavy atom. The van der Waals surface area contributed by atoms with E-state index in [0.29, 0.717) is 12.0 Å². The van der Waals surface area contributed by atoms with Gasteiger partial charge in [-0.25, -0.2) is 4.39 Å². The van der Waals surface area contributed by atoms with Gasteiger partial charge in [0, 0.05) is 42.1 Å². The van der Waals surface area contributed by atoms with Gasteiger partial charge in [-0.1, -0.05) is 13.3 Å². The van der Waals surface area contributed by atoms with Gasteiger partial charge < -0.3 is 9.78 Å². The summed E-state index contributed by atoms with van der Waals surface area (Å²) in [7, 11) is 0. The quantitative estimate of drug-likeness (QED) is 0.852. The Balaban J connectivity index is 1.72. The van der Waals surface area contributed by atoms with E-state index in [1.165, 1.54) is 6.07 Å². The number of benzene rings is 1. The van der Waals surface area contributed by atoms with Crippen LogP contribution in [-0.2, 0) is 11.2 Å². The van der Waals surface area contributed by atoms with E-state index in [1.54, 1.807) is 12.1 Å². The summed E-state index contributed by atoms with van der Waals surface area (Å²) in [6, 6.07) is 5.37. The molecule has 0 radical (unpaired) electrons. The van der Waals surface area contributed by atoms with Crippen LogP contribution in [0.25, 0.3) is 10.9 Å². The molecule has 0 bridgehead atoms. The number of hydrogen-bond donors (Lipinski definition) is 1. The number of nitrogens with zero attached hydrogens (tertiary/aromatic N) is 1. The predicted octanol–water partition coefficient (Wildman–Crippen LogP) is 3.79. The van der Waals surface area contributed by atoms with Crippen LogP contribution in [-0.4, -0.2) is 35.3 Å². The van der Waals surface area contributed by atoms with Crippen molar-refractivity contribution in [2.45, 2.75) is 39.2 Å². The smallest absolute Gasteiger partial charge is 0.124 e. The molecule has 0 aliphatic carbocycles. The Morgan fingerprint density at radius 3 is 3.00 bits per heavy atom. The number of hydrogen-bond acceptors (Lipinski definition) is 2. The number of aromatic nitrogens is 1. The second-order valence-electron chi connectivity index (χ2n) is 6.79. The highest BCUT2D eigenvalue weighted by molar-refractivity contribution is 5.83. The molecule has 124 valence electrons. The largest absolute Gasteiger partial charge is 0.361 e. The third-order valence-corrected chi connectivity index (χ3v) is 5.45. The number of aromatic amines is 1. The third kappa shape index (κ3) is 3.32. The minimum Gasteiger partial charge on any atom is -0.361 e. The summed E-state index contributed by atoms with van der Waals surface area (Å²) in [5.74, 6) is 0.535. The Hall–Kier alpha value is -1.68. The Labute approximate surface area is 136 Å². The molecule has 1 aromatic carbocycles. The maximum Gasteiger partial charge on any atom is 0.124 e. The van der Waals surface area contributed by atoms with Crippen molar-refractivity contribution in [2.75, 3.05) is 13.1 Å². The van der Waals surface area contributed by atoms with Crippen LogP contribution in [0.1, 0.15) is 32.3 Å². The summed E-state index contributed by atoms with van der Waals surface area (Å²) >= 11 is 0. The standard InChI is InChI=1S/C19H25FN2O/c1-3-15-8-14(12-23)11-22(13(15)2)7-6-16-10-21-19-5-4-17(20)9-18(16)19/h4-5,9-10,12-15,21H,3,6-8,11H2,1-2H3. The van der Waals surface area contributed by atoms with E-state index in [4.69, 9.17) is 0 Å². The zero-order chi connectivity index (χ0) is 16.4. The van der Waals surface area contributed by atoms with Gasteiger partial charge in [0.1, 0.15) is 12.1 Å². The lowest BCUT2D eigenvalue weighted by atomic mass is 9.82. The molecule has 1 N–H and O–H groups in total. The number of rotatable bonds is 5. The normalized spacial score (nSPS) is 25.8. The highest BCUT2D eigenvalue weighted by Gasteiger charge is 2.31. The van der Waals surface area contributed by atoms with Gasteiger partial charge in [-0.15, -0.1) is 0 Å². The maximum absolute atomic E-state index is 13.5. The summed E-state index contributed by atoms with van der Waals surface area (Å²) in [5, 5.41) is 0.966. The van der Waals surface area contributed by atoms with Crippen molar-refractivity contribution in [1.29, 1.82) is 0 Å². The second kappa shape index (κ2) is 6.83. The highest BCUT2D eigenvalue weighted by atomic mass is 19.1. The van der Waals surface area contributed by atoms with Crippen molar-refractivity contribution in [3.05, 3.63) is 35.8 Å². The van der Waals surface area contributed by atoms with Gasteiger partial charge in [-0.05, 0) is 49.4 Å². The van der Waals surface area contributed by atoms with Crippen LogP contribution in [0, 0.1) is 17.7 Å². The van der Waals surface area contributed by atoms with Crippen LogP contribution in [0.4, 0.5) is 4.39 Å². The van der Waals surface area contributed by atoms with E-state index in [0.717, 1.165) is 55.1 Å². The number of halogens is 1. The van der Waals surface area contributed by atoms with Crippen molar-refractivity contribution < 1.29 is 9.18 Å². The number of carbonyl (C=O) groups excluding carboxylic acids is 1. The van der Waals surface area contributed by atoms with Crippen LogP contribution < -0.4 is 0 Å². The maximum atomic E-state index is 13.5. The van der Waals surface area contributed by atoms with E-state index in [2.05, 4.69) is 23.7 Å². The number of nitrogens with one attached hydrogen (secondary N) is 1. The molecule has 1 aliphatic heterocycles. The number of carbonyl (C=O) groups is 1. The summed E-state index contributed by atoms with van der Waals surface area (Å²) in [5.41, 5.74) is 2.12. The van der Waals surface area contributed by atoms with Gasteiger partial charge in [0.05, 0.1) is 0 Å². The molecule has 0 saturated carbocycles. The zero-order valence-electron chi connectivity index (χ0n) is 13.9. The molecule has 2 heterocycles. The number of likely N-dealkylation sites (tertiary alicyclic amines) is 1. The molecule has 2 aromatic rings. The topological polar surface area (TPSA) is 36.1 Å². The second-order valence-corrected chi connectivity index (χ2v) is 6.79. The molecule has 3 unspecified atom stereocenters. The van der Waals surface area contributed by atoms with Crippen LogP contribution in [0.2, 0.25) is 0 Å². The first-order valence-corrected chi connectivity index (χ1v) is 8.57. The van der Waals surface area contributed by atoms with Gasteiger partial charge in [-0.2, -0.15) is 0 Å². The Kier molecular flexibility index (Phi) is 4.81. The summed E-state index contributed by atoms with van der Waals surface area (Å²) in [4.78, 5) is 16.9. The third-order valence-electron chi connectivity index (χ3n) is 5.45. The highest BCUT2D eigenvalue weighted by Crippen LogP contribution is 2.29. The predicted molar refractivity (Wildman–Crippen MR) is 90.9 cm³/mol. The first-order chi connectivity index (χ1) is 11.1. The fourth-order valence-corrected chi connectivity index (χ4v) is 3.95. The van der Waals surface area contributed by atoms with Crippen LogP contribution >= 0.6 is 0 Å². The molecule has 3 rings (SSSR count). The molecular weight excluding hydrogens is 291 g/mol. The molecular formula is C19H25FN2O. The monoisotopic (exact) mass is 316 g/mol. The van der Waals surface area contributed by atoms with E-state index < -0.39 is 0 Å². The summed E-state index contributed by atoms with van der Waals surface area (Å²) in [6.07, 6.45) is 6.09. The van der Waals surface area contributed by atoms with E-state index in [-0.39, 0.29) is 11.7 Å². The Morgan fingerprint density at radius 1 is 1.43 bits per heavy atom. The zero-order valence-corrected chi connectivity index (χ0v) is 13.9. The lowest BCUT2D eigenvalue weighted by Gasteiger charge is -2.41. The van der Waals surface area contributed by atoms with Crippen LogP contribution in [0.5, 0.6) is 0 Å². The van der Waals surface area contributed by atoms with Gasteiger partial charge in [0.2, 0.25) is 0 Å². The van der Waals surface area contributed by atoms with E-state index in [9.17, 15) is 9.18 Å². The minimum atomic E-state index is -0.197. The van der Waals surface area contributed by atoms with Crippen LogP contribution in [0.3, 0.4) is 0 Å². The molecule has 3 atom stereocenters. The van der Waals surface area contributed by atoms with Crippen molar-refractivity contribution in [2.24, 2.45) is 11.8 Å².